The summed E-state index contributed by atoms with van der Waals surface area (Å²) in [6.45, 7) is 6.26. The van der Waals surface area contributed by atoms with Crippen molar-refractivity contribution >= 4 is 23.2 Å². The summed E-state index contributed by atoms with van der Waals surface area (Å²) in [4.78, 5) is 30.6. The Morgan fingerprint density at radius 3 is 2.50 bits per heavy atom. The lowest BCUT2D eigenvalue weighted by atomic mass is 9.95. The van der Waals surface area contributed by atoms with Crippen molar-refractivity contribution in [2.45, 2.75) is 27.2 Å². The highest BCUT2D eigenvalue weighted by molar-refractivity contribution is 6.07. The van der Waals surface area contributed by atoms with Gasteiger partial charge in [0.25, 0.3) is 5.91 Å². The van der Waals surface area contributed by atoms with Crippen molar-refractivity contribution in [3.8, 4) is 0 Å². The lowest BCUT2D eigenvalue weighted by Crippen LogP contribution is -2.29. The zero-order chi connectivity index (χ0) is 17.3. The Kier molecular flexibility index (Phi) is 4.09. The molecule has 0 unspecified atom stereocenters. The Bertz CT molecular complexity index is 779. The molecule has 3 rings (SSSR count). The Morgan fingerprint density at radius 2 is 1.83 bits per heavy atom. The van der Waals surface area contributed by atoms with Gasteiger partial charge in [0, 0.05) is 41.3 Å². The summed E-state index contributed by atoms with van der Waals surface area (Å²) in [5.74, 6) is -0.0945. The van der Waals surface area contributed by atoms with E-state index in [-0.39, 0.29) is 11.8 Å². The van der Waals surface area contributed by atoms with Gasteiger partial charge in [0.2, 0.25) is 5.91 Å². The minimum Gasteiger partial charge on any atom is -0.326 e. The molecule has 1 aliphatic rings. The monoisotopic (exact) mass is 323 g/mol. The van der Waals surface area contributed by atoms with E-state index in [0.717, 1.165) is 17.7 Å². The molecule has 0 saturated carbocycles. The van der Waals surface area contributed by atoms with Gasteiger partial charge in [0.15, 0.2) is 0 Å². The van der Waals surface area contributed by atoms with Gasteiger partial charge in [-0.15, -0.1) is 0 Å². The van der Waals surface area contributed by atoms with Gasteiger partial charge in [-0.3, -0.25) is 14.6 Å². The number of amides is 2. The highest BCUT2D eigenvalue weighted by Gasteiger charge is 2.27. The maximum atomic E-state index is 12.7. The molecule has 1 N–H and O–H groups in total. The molecular formula is C19H21N3O2. The highest BCUT2D eigenvalue weighted by Crippen LogP contribution is 2.32. The van der Waals surface area contributed by atoms with E-state index in [2.05, 4.69) is 10.3 Å². The van der Waals surface area contributed by atoms with Gasteiger partial charge in [-0.1, -0.05) is 26.8 Å². The topological polar surface area (TPSA) is 62.3 Å². The van der Waals surface area contributed by atoms with Gasteiger partial charge in [-0.25, -0.2) is 0 Å². The summed E-state index contributed by atoms with van der Waals surface area (Å²) >= 11 is 0. The number of fused-ring (bicyclic) bond motifs is 1. The molecule has 1 aromatic heterocycles. The van der Waals surface area contributed by atoms with Gasteiger partial charge in [0.1, 0.15) is 0 Å². The van der Waals surface area contributed by atoms with Gasteiger partial charge in [0.05, 0.1) is 0 Å². The number of aromatic nitrogens is 1. The highest BCUT2D eigenvalue weighted by atomic mass is 16.2. The number of hydrogen-bond donors (Lipinski definition) is 1. The Morgan fingerprint density at radius 1 is 1.12 bits per heavy atom. The van der Waals surface area contributed by atoms with Crippen molar-refractivity contribution in [3.63, 3.8) is 0 Å². The predicted molar refractivity (Wildman–Crippen MR) is 94.1 cm³/mol. The van der Waals surface area contributed by atoms with Crippen molar-refractivity contribution in [1.82, 2.24) is 4.98 Å². The first kappa shape index (κ1) is 16.2. The standard InChI is InChI=1S/C19H21N3O2/c1-19(2,3)18(24)21-15-5-4-13-8-11-22(16(13)12-15)17(23)14-6-9-20-10-7-14/h4-7,9-10,12H,8,11H2,1-3H3,(H,21,24). The molecule has 0 bridgehead atoms. The van der Waals surface area contributed by atoms with Crippen molar-refractivity contribution in [2.75, 3.05) is 16.8 Å². The van der Waals surface area contributed by atoms with Crippen molar-refractivity contribution in [2.24, 2.45) is 5.41 Å². The Hall–Kier alpha value is -2.69. The SMILES string of the molecule is CC(C)(C)C(=O)Nc1ccc2c(c1)N(C(=O)c1ccncc1)CC2. The number of pyridine rings is 1. The van der Waals surface area contributed by atoms with Gasteiger partial charge >= 0.3 is 0 Å². The van der Waals surface area contributed by atoms with Crippen LogP contribution in [0.2, 0.25) is 0 Å². The van der Waals surface area contributed by atoms with Crippen LogP contribution in [0.1, 0.15) is 36.7 Å². The molecule has 0 fully saturated rings. The van der Waals surface area contributed by atoms with E-state index < -0.39 is 5.41 Å². The van der Waals surface area contributed by atoms with Gasteiger partial charge in [-0.05, 0) is 36.2 Å². The van der Waals surface area contributed by atoms with E-state index in [1.807, 2.05) is 39.0 Å². The van der Waals surface area contributed by atoms with E-state index in [0.29, 0.717) is 17.8 Å². The van der Waals surface area contributed by atoms with Crippen LogP contribution in [0.15, 0.2) is 42.7 Å². The van der Waals surface area contributed by atoms with Crippen LogP contribution in [0.4, 0.5) is 11.4 Å². The fourth-order valence-electron chi connectivity index (χ4n) is 2.64. The Balaban J connectivity index is 1.86. The molecule has 0 aliphatic carbocycles. The summed E-state index contributed by atoms with van der Waals surface area (Å²) < 4.78 is 0. The first-order valence-corrected chi connectivity index (χ1v) is 8.02. The lowest BCUT2D eigenvalue weighted by Gasteiger charge is -2.20. The number of anilines is 2. The van der Waals surface area contributed by atoms with Crippen LogP contribution in [-0.4, -0.2) is 23.3 Å². The molecule has 0 saturated heterocycles. The maximum absolute atomic E-state index is 12.7. The minimum absolute atomic E-state index is 0.0459. The lowest BCUT2D eigenvalue weighted by molar-refractivity contribution is -0.123. The molecule has 124 valence electrons. The van der Waals surface area contributed by atoms with E-state index in [1.54, 1.807) is 29.4 Å². The summed E-state index contributed by atoms with van der Waals surface area (Å²) in [6.07, 6.45) is 4.05. The fraction of sp³-hybridized carbons (Fsp3) is 0.316. The summed E-state index contributed by atoms with van der Waals surface area (Å²) in [7, 11) is 0. The van der Waals surface area contributed by atoms with Crippen LogP contribution >= 0.6 is 0 Å². The summed E-state index contributed by atoms with van der Waals surface area (Å²) in [6, 6.07) is 9.18. The molecule has 5 nitrogen and oxygen atoms in total. The predicted octanol–water partition coefficient (Wildman–Crippen LogP) is 3.27. The fourth-order valence-corrected chi connectivity index (χ4v) is 2.64. The minimum atomic E-state index is -0.467. The normalized spacial score (nSPS) is 13.5. The van der Waals surface area contributed by atoms with Crippen LogP contribution in [-0.2, 0) is 11.2 Å². The molecule has 24 heavy (non-hydrogen) atoms. The summed E-state index contributed by atoms with van der Waals surface area (Å²) in [5, 5.41) is 2.92. The van der Waals surface area contributed by atoms with Gasteiger partial charge in [-0.2, -0.15) is 0 Å². The van der Waals surface area contributed by atoms with Crippen LogP contribution in [0.3, 0.4) is 0 Å². The number of nitrogens with zero attached hydrogens (tertiary/aromatic N) is 2. The smallest absolute Gasteiger partial charge is 0.258 e. The molecule has 0 radical (unpaired) electrons. The maximum Gasteiger partial charge on any atom is 0.258 e. The van der Waals surface area contributed by atoms with E-state index in [4.69, 9.17) is 0 Å². The van der Waals surface area contributed by atoms with E-state index in [9.17, 15) is 9.59 Å². The average molecular weight is 323 g/mol. The second-order valence-corrected chi connectivity index (χ2v) is 6.99. The molecule has 2 amide bonds. The molecule has 0 spiro atoms. The third kappa shape index (κ3) is 3.15. The molecule has 1 aliphatic heterocycles. The van der Waals surface area contributed by atoms with Crippen LogP contribution in [0, 0.1) is 5.41 Å². The first-order valence-electron chi connectivity index (χ1n) is 8.02. The van der Waals surface area contributed by atoms with Gasteiger partial charge < -0.3 is 10.2 Å². The number of carbonyl (C=O) groups is 2. The summed E-state index contributed by atoms with van der Waals surface area (Å²) in [5.41, 5.74) is 2.84. The largest absolute Gasteiger partial charge is 0.326 e. The Labute approximate surface area is 141 Å². The zero-order valence-corrected chi connectivity index (χ0v) is 14.2. The van der Waals surface area contributed by atoms with Crippen LogP contribution in [0.25, 0.3) is 0 Å². The number of benzene rings is 1. The van der Waals surface area contributed by atoms with Crippen molar-refractivity contribution in [3.05, 3.63) is 53.9 Å². The number of carbonyl (C=O) groups excluding carboxylic acids is 2. The van der Waals surface area contributed by atoms with Crippen LogP contribution in [0.5, 0.6) is 0 Å². The molecule has 1 aromatic carbocycles. The third-order valence-electron chi connectivity index (χ3n) is 4.09. The average Bonchev–Trinajstić information content (AvgIpc) is 2.97. The quantitative estimate of drug-likeness (QED) is 0.922. The number of hydrogen-bond acceptors (Lipinski definition) is 3. The first-order chi connectivity index (χ1) is 11.4. The second kappa shape index (κ2) is 6.07. The second-order valence-electron chi connectivity index (χ2n) is 6.99. The van der Waals surface area contributed by atoms with Crippen molar-refractivity contribution < 1.29 is 9.59 Å². The number of nitrogens with one attached hydrogen (secondary N) is 1. The molecule has 2 aromatic rings. The van der Waals surface area contributed by atoms with Crippen LogP contribution < -0.4 is 10.2 Å². The zero-order valence-electron chi connectivity index (χ0n) is 14.2. The third-order valence-corrected chi connectivity index (χ3v) is 4.09. The van der Waals surface area contributed by atoms with Crippen molar-refractivity contribution in [1.29, 1.82) is 0 Å². The molecule has 0 atom stereocenters. The molecular weight excluding hydrogens is 302 g/mol. The van der Waals surface area contributed by atoms with E-state index in [1.165, 1.54) is 0 Å². The van der Waals surface area contributed by atoms with E-state index >= 15 is 0 Å². The molecule has 5 heteroatoms. The molecule has 2 heterocycles. The number of rotatable bonds is 2.